The van der Waals surface area contributed by atoms with E-state index < -0.39 is 4.92 Å². The summed E-state index contributed by atoms with van der Waals surface area (Å²) in [6, 6.07) is 12.9. The fourth-order valence-electron chi connectivity index (χ4n) is 1.83. The van der Waals surface area contributed by atoms with E-state index in [1.165, 1.54) is 18.2 Å². The molecule has 0 unspecified atom stereocenters. The molecule has 1 heterocycles. The molecule has 0 fully saturated rings. The zero-order valence-corrected chi connectivity index (χ0v) is 9.63. The summed E-state index contributed by atoms with van der Waals surface area (Å²) in [6.45, 7) is 0. The Morgan fingerprint density at radius 2 is 1.89 bits per heavy atom. The molecule has 0 radical (unpaired) electrons. The van der Waals surface area contributed by atoms with Crippen molar-refractivity contribution >= 4 is 16.7 Å². The number of nitro groups is 1. The van der Waals surface area contributed by atoms with Gasteiger partial charge in [0, 0.05) is 12.1 Å². The van der Waals surface area contributed by atoms with Gasteiger partial charge in [-0.3, -0.25) is 10.1 Å². The van der Waals surface area contributed by atoms with Crippen molar-refractivity contribution < 1.29 is 9.77 Å². The molecule has 94 valence electrons. The van der Waals surface area contributed by atoms with Crippen molar-refractivity contribution in [2.24, 2.45) is 0 Å². The Bertz CT molecular complexity index is 767. The van der Waals surface area contributed by atoms with Gasteiger partial charge in [-0.1, -0.05) is 18.2 Å². The average Bonchev–Trinajstić information content (AvgIpc) is 2.77. The molecule has 7 heteroatoms. The van der Waals surface area contributed by atoms with Crippen LogP contribution in [0.4, 0.5) is 5.69 Å². The number of hydrogen-bond donors (Lipinski definition) is 0. The largest absolute Gasteiger partial charge is 0.692 e. The monoisotopic (exact) mass is 256 g/mol. The minimum absolute atomic E-state index is 0.135. The normalized spacial score (nSPS) is 10.7. The minimum atomic E-state index is -0.542. The zero-order valence-electron chi connectivity index (χ0n) is 9.63. The number of nitrogens with zero attached hydrogens (tertiary/aromatic N) is 4. The molecule has 0 spiro atoms. The number of non-ortho nitro benzene ring substituents is 1. The molecule has 0 aliphatic carbocycles. The Balaban J connectivity index is 2.24. The van der Waals surface area contributed by atoms with Crippen molar-refractivity contribution in [3.63, 3.8) is 0 Å². The Morgan fingerprint density at radius 1 is 1.16 bits per heavy atom. The first-order chi connectivity index (χ1) is 9.16. The lowest BCUT2D eigenvalue weighted by Gasteiger charge is -2.02. The van der Waals surface area contributed by atoms with Gasteiger partial charge in [-0.15, -0.1) is 4.85 Å². The number of benzene rings is 2. The third kappa shape index (κ3) is 1.77. The fraction of sp³-hybridized carbons (Fsp3) is 0. The molecule has 0 N–H and O–H groups in total. The minimum Gasteiger partial charge on any atom is -0.692 e. The van der Waals surface area contributed by atoms with E-state index in [1.54, 1.807) is 24.3 Å². The molecule has 3 aromatic rings. The second-order valence-electron chi connectivity index (χ2n) is 3.93. The molecule has 1 aromatic heterocycles. The van der Waals surface area contributed by atoms with Crippen molar-refractivity contribution in [2.45, 2.75) is 0 Å². The van der Waals surface area contributed by atoms with Gasteiger partial charge in [-0.2, -0.15) is 0 Å². The van der Waals surface area contributed by atoms with Crippen LogP contribution in [0.2, 0.25) is 0 Å². The molecule has 2 aromatic carbocycles. The van der Waals surface area contributed by atoms with Crippen LogP contribution in [0.15, 0.2) is 48.5 Å². The molecule has 0 aliphatic heterocycles. The van der Waals surface area contributed by atoms with Crippen LogP contribution in [0.5, 0.6) is 0 Å². The van der Waals surface area contributed by atoms with Gasteiger partial charge in [0.05, 0.1) is 16.1 Å². The zero-order chi connectivity index (χ0) is 13.4. The summed E-state index contributed by atoms with van der Waals surface area (Å²) in [6.07, 6.45) is 0. The van der Waals surface area contributed by atoms with Crippen LogP contribution in [0.3, 0.4) is 0 Å². The highest BCUT2D eigenvalue weighted by molar-refractivity contribution is 5.73. The van der Waals surface area contributed by atoms with Crippen LogP contribution in [0.1, 0.15) is 0 Å². The Hall–Kier alpha value is -2.96. The van der Waals surface area contributed by atoms with E-state index in [4.69, 9.17) is 0 Å². The van der Waals surface area contributed by atoms with Crippen molar-refractivity contribution in [3.05, 3.63) is 63.9 Å². The third-order valence-electron chi connectivity index (χ3n) is 2.74. The molecular formula is C12H8N4O3. The standard InChI is InChI=1S/C12H8N4O3/c17-15-12-8-10(16(18)19)6-7-11(12)13-14(15)9-4-2-1-3-5-9/h1-8H. The van der Waals surface area contributed by atoms with Gasteiger partial charge in [0.25, 0.3) is 11.2 Å². The summed E-state index contributed by atoms with van der Waals surface area (Å²) in [5.41, 5.74) is 1.03. The summed E-state index contributed by atoms with van der Waals surface area (Å²) in [4.78, 5) is 11.9. The molecule has 0 bridgehead atoms. The predicted octanol–water partition coefficient (Wildman–Crippen LogP) is 1.57. The molecule has 0 atom stereocenters. The van der Waals surface area contributed by atoms with Crippen LogP contribution < -0.4 is 4.85 Å². The second kappa shape index (κ2) is 4.05. The topological polar surface area (TPSA) is 87.9 Å². The van der Waals surface area contributed by atoms with E-state index in [-0.39, 0.29) is 11.2 Å². The van der Waals surface area contributed by atoms with Crippen LogP contribution in [0.25, 0.3) is 16.7 Å². The predicted molar refractivity (Wildman–Crippen MR) is 66.7 cm³/mol. The lowest BCUT2D eigenvalue weighted by atomic mass is 10.3. The summed E-state index contributed by atoms with van der Waals surface area (Å²) < 4.78 is 0. The highest BCUT2D eigenvalue weighted by atomic mass is 16.6. The van der Waals surface area contributed by atoms with Crippen molar-refractivity contribution in [1.82, 2.24) is 9.90 Å². The Morgan fingerprint density at radius 3 is 2.58 bits per heavy atom. The van der Waals surface area contributed by atoms with Gasteiger partial charge in [-0.25, -0.2) is 0 Å². The molecule has 0 saturated carbocycles. The van der Waals surface area contributed by atoms with Gasteiger partial charge in [0.1, 0.15) is 5.69 Å². The summed E-state index contributed by atoms with van der Waals surface area (Å²) >= 11 is 0. The van der Waals surface area contributed by atoms with E-state index in [1.807, 2.05) is 6.07 Å². The van der Waals surface area contributed by atoms with Gasteiger partial charge in [0.15, 0.2) is 0 Å². The molecule has 0 aliphatic rings. The highest BCUT2D eigenvalue weighted by Crippen LogP contribution is 2.17. The van der Waals surface area contributed by atoms with Crippen molar-refractivity contribution in [3.8, 4) is 5.69 Å². The maximum absolute atomic E-state index is 12.1. The first-order valence-corrected chi connectivity index (χ1v) is 5.49. The van der Waals surface area contributed by atoms with Gasteiger partial charge < -0.3 is 5.21 Å². The van der Waals surface area contributed by atoms with E-state index in [2.05, 4.69) is 5.10 Å². The summed E-state index contributed by atoms with van der Waals surface area (Å²) in [7, 11) is 0. The van der Waals surface area contributed by atoms with Crippen LogP contribution >= 0.6 is 0 Å². The maximum Gasteiger partial charge on any atom is 0.274 e. The van der Waals surface area contributed by atoms with E-state index in [9.17, 15) is 15.3 Å². The van der Waals surface area contributed by atoms with Gasteiger partial charge >= 0.3 is 0 Å². The Kier molecular flexibility index (Phi) is 2.38. The number of aromatic nitrogens is 3. The van der Waals surface area contributed by atoms with Crippen molar-refractivity contribution in [2.75, 3.05) is 0 Å². The van der Waals surface area contributed by atoms with E-state index >= 15 is 0 Å². The maximum atomic E-state index is 12.1. The molecule has 0 amide bonds. The fourth-order valence-corrected chi connectivity index (χ4v) is 1.83. The molecule has 19 heavy (non-hydrogen) atoms. The lowest BCUT2D eigenvalue weighted by molar-refractivity contribution is -0.664. The lowest BCUT2D eigenvalue weighted by Crippen LogP contribution is -2.37. The summed E-state index contributed by atoms with van der Waals surface area (Å²) in [5.74, 6) is 0. The molecule has 7 nitrogen and oxygen atoms in total. The van der Waals surface area contributed by atoms with Crippen molar-refractivity contribution in [1.29, 1.82) is 0 Å². The third-order valence-corrected chi connectivity index (χ3v) is 2.74. The molecule has 0 saturated heterocycles. The quantitative estimate of drug-likeness (QED) is 0.301. The molecule has 3 rings (SSSR count). The number of hydrogen-bond acceptors (Lipinski definition) is 4. The number of nitro benzene ring substituents is 1. The number of fused-ring (bicyclic) bond motifs is 1. The number of rotatable bonds is 2. The second-order valence-corrected chi connectivity index (χ2v) is 3.93. The average molecular weight is 256 g/mol. The highest BCUT2D eigenvalue weighted by Gasteiger charge is 2.19. The molecular weight excluding hydrogens is 248 g/mol. The van der Waals surface area contributed by atoms with Crippen LogP contribution in [-0.4, -0.2) is 14.8 Å². The summed E-state index contributed by atoms with van der Waals surface area (Å²) in [5, 5.41) is 26.9. The SMILES string of the molecule is O=[N+]([O-])c1ccc2nn(-c3ccccc3)[n+]([O-])c2c1. The Labute approximate surface area is 107 Å². The van der Waals surface area contributed by atoms with Crippen LogP contribution in [-0.2, 0) is 0 Å². The smallest absolute Gasteiger partial charge is 0.274 e. The van der Waals surface area contributed by atoms with Crippen LogP contribution in [0, 0.1) is 15.3 Å². The number of para-hydroxylation sites is 1. The first-order valence-electron chi connectivity index (χ1n) is 5.49. The van der Waals surface area contributed by atoms with Gasteiger partial charge in [0.2, 0.25) is 5.52 Å². The first kappa shape index (κ1) is 11.1. The van der Waals surface area contributed by atoms with E-state index in [0.717, 1.165) is 4.80 Å². The van der Waals surface area contributed by atoms with E-state index in [0.29, 0.717) is 16.0 Å². The van der Waals surface area contributed by atoms with Gasteiger partial charge in [-0.05, 0) is 16.9 Å².